The molecule has 1 aromatic heterocycles. The Morgan fingerprint density at radius 2 is 2.18 bits per heavy atom. The largest absolute Gasteiger partial charge is 0.445 e. The van der Waals surface area contributed by atoms with Crippen LogP contribution in [0.2, 0.25) is 0 Å². The van der Waals surface area contributed by atoms with Gasteiger partial charge in [-0.3, -0.25) is 4.79 Å². The van der Waals surface area contributed by atoms with Crippen molar-refractivity contribution in [1.29, 1.82) is 0 Å². The second kappa shape index (κ2) is 7.11. The lowest BCUT2D eigenvalue weighted by molar-refractivity contribution is 0.0899. The number of hydrogen-bond donors (Lipinski definition) is 2. The van der Waals surface area contributed by atoms with Crippen molar-refractivity contribution in [1.82, 2.24) is 5.32 Å². The third-order valence-electron chi connectivity index (χ3n) is 3.79. The summed E-state index contributed by atoms with van der Waals surface area (Å²) in [5, 5.41) is 3.81. The van der Waals surface area contributed by atoms with Crippen molar-refractivity contribution < 1.29 is 9.21 Å². The maximum atomic E-state index is 12.3. The minimum absolute atomic E-state index is 0. The number of nitrogens with one attached hydrogen (secondary N) is 1. The number of amides is 1. The molecule has 22 heavy (non-hydrogen) atoms. The summed E-state index contributed by atoms with van der Waals surface area (Å²) in [5.74, 6) is 0.201. The highest BCUT2D eigenvalue weighted by atomic mass is 35.5. The van der Waals surface area contributed by atoms with E-state index < -0.39 is 0 Å². The molecule has 1 aromatic carbocycles. The molecule has 0 fully saturated rings. The highest BCUT2D eigenvalue weighted by Crippen LogP contribution is 2.31. The van der Waals surface area contributed by atoms with Gasteiger partial charge in [0.2, 0.25) is 0 Å². The SMILES string of the molecule is CSc1ccc(C(=O)NC2CCCc3cc(N)ccc32)o1.Cl. The van der Waals surface area contributed by atoms with Crippen LogP contribution >= 0.6 is 24.2 Å². The third-order valence-corrected chi connectivity index (χ3v) is 4.41. The fraction of sp³-hybridized carbons (Fsp3) is 0.312. The maximum Gasteiger partial charge on any atom is 0.287 e. The molecule has 1 unspecified atom stereocenters. The first kappa shape index (κ1) is 16.8. The summed E-state index contributed by atoms with van der Waals surface area (Å²) in [4.78, 5) is 12.3. The van der Waals surface area contributed by atoms with E-state index in [0.717, 1.165) is 30.0 Å². The fourth-order valence-corrected chi connectivity index (χ4v) is 3.14. The number of nitrogen functional groups attached to an aromatic ring is 1. The molecule has 0 aliphatic heterocycles. The van der Waals surface area contributed by atoms with Gasteiger partial charge in [-0.2, -0.15) is 0 Å². The van der Waals surface area contributed by atoms with Crippen LogP contribution in [0.25, 0.3) is 0 Å². The first-order valence-corrected chi connectivity index (χ1v) is 8.23. The van der Waals surface area contributed by atoms with Gasteiger partial charge in [-0.1, -0.05) is 17.8 Å². The number of furan rings is 1. The minimum Gasteiger partial charge on any atom is -0.445 e. The lowest BCUT2D eigenvalue weighted by Gasteiger charge is -2.26. The molecule has 118 valence electrons. The van der Waals surface area contributed by atoms with Gasteiger partial charge in [0.15, 0.2) is 10.9 Å². The first-order valence-electron chi connectivity index (χ1n) is 7.00. The molecule has 1 atom stereocenters. The zero-order chi connectivity index (χ0) is 14.8. The Morgan fingerprint density at radius 1 is 1.36 bits per heavy atom. The number of aryl methyl sites for hydroxylation is 1. The van der Waals surface area contributed by atoms with Crippen LogP contribution in [0.15, 0.2) is 39.8 Å². The molecule has 1 aliphatic carbocycles. The zero-order valence-corrected chi connectivity index (χ0v) is 13.9. The second-order valence-corrected chi connectivity index (χ2v) is 6.01. The highest BCUT2D eigenvalue weighted by molar-refractivity contribution is 7.98. The van der Waals surface area contributed by atoms with Crippen LogP contribution in [0.1, 0.15) is 40.6 Å². The number of rotatable bonds is 3. The van der Waals surface area contributed by atoms with Crippen molar-refractivity contribution in [2.24, 2.45) is 0 Å². The van der Waals surface area contributed by atoms with E-state index >= 15 is 0 Å². The van der Waals surface area contributed by atoms with Gasteiger partial charge >= 0.3 is 0 Å². The molecule has 3 N–H and O–H groups in total. The average molecular weight is 339 g/mol. The van der Waals surface area contributed by atoms with Crippen molar-refractivity contribution in [3.63, 3.8) is 0 Å². The fourth-order valence-electron chi connectivity index (χ4n) is 2.77. The molecule has 0 bridgehead atoms. The van der Waals surface area contributed by atoms with E-state index in [4.69, 9.17) is 10.2 Å². The number of anilines is 1. The Kier molecular flexibility index (Phi) is 5.42. The van der Waals surface area contributed by atoms with E-state index in [1.807, 2.05) is 30.5 Å². The van der Waals surface area contributed by atoms with Crippen LogP contribution < -0.4 is 11.1 Å². The van der Waals surface area contributed by atoms with E-state index in [1.165, 1.54) is 22.9 Å². The summed E-state index contributed by atoms with van der Waals surface area (Å²) in [6, 6.07) is 9.48. The number of carbonyl (C=O) groups is 1. The van der Waals surface area contributed by atoms with E-state index in [9.17, 15) is 4.79 Å². The zero-order valence-electron chi connectivity index (χ0n) is 12.3. The van der Waals surface area contributed by atoms with Crippen molar-refractivity contribution >= 4 is 35.8 Å². The number of hydrogen-bond acceptors (Lipinski definition) is 4. The number of nitrogens with two attached hydrogens (primary N) is 1. The van der Waals surface area contributed by atoms with Crippen LogP contribution in [0.4, 0.5) is 5.69 Å². The van der Waals surface area contributed by atoms with Gasteiger partial charge in [-0.25, -0.2) is 0 Å². The molecule has 1 heterocycles. The van der Waals surface area contributed by atoms with Gasteiger partial charge < -0.3 is 15.5 Å². The Bertz CT molecular complexity index is 672. The van der Waals surface area contributed by atoms with Crippen molar-refractivity contribution in [2.75, 3.05) is 12.0 Å². The normalized spacial score (nSPS) is 16.5. The van der Waals surface area contributed by atoms with Crippen LogP contribution in [0.5, 0.6) is 0 Å². The quantitative estimate of drug-likeness (QED) is 0.659. The molecule has 3 rings (SSSR count). The number of halogens is 1. The highest BCUT2D eigenvalue weighted by Gasteiger charge is 2.23. The number of carbonyl (C=O) groups excluding carboxylic acids is 1. The van der Waals surface area contributed by atoms with E-state index in [-0.39, 0.29) is 24.4 Å². The monoisotopic (exact) mass is 338 g/mol. The van der Waals surface area contributed by atoms with Gasteiger partial charge in [0.1, 0.15) is 0 Å². The Labute approximate surface area is 140 Å². The van der Waals surface area contributed by atoms with Crippen molar-refractivity contribution in [2.45, 2.75) is 30.4 Å². The van der Waals surface area contributed by atoms with E-state index in [0.29, 0.717) is 5.76 Å². The van der Waals surface area contributed by atoms with Crippen LogP contribution in [0, 0.1) is 0 Å². The van der Waals surface area contributed by atoms with Crippen molar-refractivity contribution in [3.8, 4) is 0 Å². The predicted molar refractivity (Wildman–Crippen MR) is 91.7 cm³/mol. The molecule has 0 spiro atoms. The second-order valence-electron chi connectivity index (χ2n) is 5.20. The standard InChI is InChI=1S/C16H18N2O2S.ClH/c1-21-15-8-7-14(20-15)16(19)18-13-4-2-3-10-9-11(17)5-6-12(10)13;/h5-9,13H,2-4,17H2,1H3,(H,18,19);1H. The summed E-state index contributed by atoms with van der Waals surface area (Å²) in [6.07, 6.45) is 4.93. The van der Waals surface area contributed by atoms with Gasteiger partial charge in [-0.15, -0.1) is 12.4 Å². The van der Waals surface area contributed by atoms with Crippen LogP contribution in [-0.4, -0.2) is 12.2 Å². The molecular formula is C16H19ClN2O2S. The van der Waals surface area contributed by atoms with Gasteiger partial charge in [0.25, 0.3) is 5.91 Å². The summed E-state index contributed by atoms with van der Waals surface area (Å²) in [7, 11) is 0. The number of benzene rings is 1. The summed E-state index contributed by atoms with van der Waals surface area (Å²) in [5.41, 5.74) is 9.01. The molecular weight excluding hydrogens is 320 g/mol. The number of fused-ring (bicyclic) bond motifs is 1. The molecule has 0 saturated heterocycles. The maximum absolute atomic E-state index is 12.3. The van der Waals surface area contributed by atoms with Gasteiger partial charge in [0, 0.05) is 5.69 Å². The Balaban J connectivity index is 0.00000176. The molecule has 2 aromatic rings. The van der Waals surface area contributed by atoms with Crippen molar-refractivity contribution in [3.05, 3.63) is 47.2 Å². The lowest BCUT2D eigenvalue weighted by atomic mass is 9.87. The van der Waals surface area contributed by atoms with Gasteiger partial charge in [-0.05, 0) is 60.9 Å². The molecule has 0 saturated carbocycles. The van der Waals surface area contributed by atoms with Gasteiger partial charge in [0.05, 0.1) is 6.04 Å². The molecule has 0 radical (unpaired) electrons. The topological polar surface area (TPSA) is 68.3 Å². The average Bonchev–Trinajstić information content (AvgIpc) is 2.96. The molecule has 4 nitrogen and oxygen atoms in total. The van der Waals surface area contributed by atoms with E-state index in [2.05, 4.69) is 5.32 Å². The summed E-state index contributed by atoms with van der Waals surface area (Å²) >= 11 is 1.48. The Morgan fingerprint density at radius 3 is 2.91 bits per heavy atom. The van der Waals surface area contributed by atoms with E-state index in [1.54, 1.807) is 6.07 Å². The predicted octanol–water partition coefficient (Wildman–Crippen LogP) is 3.81. The summed E-state index contributed by atoms with van der Waals surface area (Å²) < 4.78 is 5.47. The molecule has 1 amide bonds. The minimum atomic E-state index is -0.162. The molecule has 6 heteroatoms. The number of thioether (sulfide) groups is 1. The Hall–Kier alpha value is -1.59. The van der Waals surface area contributed by atoms with Crippen LogP contribution in [0.3, 0.4) is 0 Å². The third kappa shape index (κ3) is 3.42. The first-order chi connectivity index (χ1) is 10.2. The van der Waals surface area contributed by atoms with Crippen LogP contribution in [-0.2, 0) is 6.42 Å². The molecule has 1 aliphatic rings. The summed E-state index contributed by atoms with van der Waals surface area (Å²) in [6.45, 7) is 0. The smallest absolute Gasteiger partial charge is 0.287 e. The lowest BCUT2D eigenvalue weighted by Crippen LogP contribution is -2.30.